The molecule has 0 bridgehead atoms. The molecule has 9 heteroatoms. The zero-order valence-electron chi connectivity index (χ0n) is 19.4. The number of amides is 1. The van der Waals surface area contributed by atoms with Gasteiger partial charge in [0.2, 0.25) is 0 Å². The third-order valence-corrected chi connectivity index (χ3v) is 6.14. The number of rotatable bonds is 6. The second kappa shape index (κ2) is 9.27. The minimum atomic E-state index is -2.80. The van der Waals surface area contributed by atoms with E-state index < -0.39 is 12.3 Å². The number of hydrogen-bond acceptors (Lipinski definition) is 4. The third kappa shape index (κ3) is 4.31. The molecule has 6 aromatic rings. The Hall–Kier alpha value is -4.92. The van der Waals surface area contributed by atoms with Crippen molar-refractivity contribution in [1.82, 2.24) is 24.4 Å². The van der Waals surface area contributed by atoms with Crippen molar-refractivity contribution in [3.05, 3.63) is 114 Å². The van der Waals surface area contributed by atoms with Crippen LogP contribution in [0.3, 0.4) is 0 Å². The van der Waals surface area contributed by atoms with Crippen molar-refractivity contribution < 1.29 is 13.6 Å². The molecule has 3 heterocycles. The van der Waals surface area contributed by atoms with E-state index in [9.17, 15) is 13.6 Å². The number of benzene rings is 3. The first kappa shape index (κ1) is 22.5. The van der Waals surface area contributed by atoms with Crippen molar-refractivity contribution in [2.45, 2.75) is 13.0 Å². The van der Waals surface area contributed by atoms with Gasteiger partial charge < -0.3 is 5.32 Å². The summed E-state index contributed by atoms with van der Waals surface area (Å²) in [5, 5.41) is 13.4. The minimum absolute atomic E-state index is 0.0531. The molecule has 0 saturated carbocycles. The van der Waals surface area contributed by atoms with Crippen LogP contribution >= 0.6 is 0 Å². The number of anilines is 1. The van der Waals surface area contributed by atoms with Crippen molar-refractivity contribution in [3.8, 4) is 11.3 Å². The van der Waals surface area contributed by atoms with Gasteiger partial charge in [0.25, 0.3) is 12.3 Å². The van der Waals surface area contributed by atoms with Crippen LogP contribution in [0.15, 0.2) is 97.5 Å². The number of alkyl halides is 2. The first-order chi connectivity index (χ1) is 18.1. The van der Waals surface area contributed by atoms with Crippen LogP contribution in [0.2, 0.25) is 0 Å². The van der Waals surface area contributed by atoms with E-state index >= 15 is 0 Å². The van der Waals surface area contributed by atoms with Crippen molar-refractivity contribution in [1.29, 1.82) is 0 Å². The lowest BCUT2D eigenvalue weighted by Gasteiger charge is -2.08. The molecule has 0 spiro atoms. The van der Waals surface area contributed by atoms with Gasteiger partial charge in [-0.1, -0.05) is 72.8 Å². The van der Waals surface area contributed by atoms with Crippen LogP contribution in [-0.2, 0) is 6.54 Å². The number of carbonyl (C=O) groups is 1. The molecule has 182 valence electrons. The molecule has 3 aromatic heterocycles. The summed E-state index contributed by atoms with van der Waals surface area (Å²) in [6.07, 6.45) is 1.72. The summed E-state index contributed by atoms with van der Waals surface area (Å²) in [4.78, 5) is 17.6. The zero-order chi connectivity index (χ0) is 25.4. The molecule has 0 radical (unpaired) electrons. The number of aromatic nitrogens is 5. The van der Waals surface area contributed by atoms with E-state index in [-0.39, 0.29) is 16.9 Å². The summed E-state index contributed by atoms with van der Waals surface area (Å²) in [6, 6.07) is 24.5. The molecule has 0 fully saturated rings. The molecule has 3 aromatic carbocycles. The monoisotopic (exact) mass is 494 g/mol. The smallest absolute Gasteiger partial charge is 0.280 e. The summed E-state index contributed by atoms with van der Waals surface area (Å²) in [5.74, 6) is -0.516. The number of nitrogens with one attached hydrogen (secondary N) is 1. The molecule has 0 aliphatic carbocycles. The summed E-state index contributed by atoms with van der Waals surface area (Å²) in [5.41, 5.74) is 2.36. The van der Waals surface area contributed by atoms with Crippen molar-refractivity contribution >= 4 is 28.0 Å². The number of carbonyl (C=O) groups excluding carboxylic acids is 1. The van der Waals surface area contributed by atoms with Gasteiger partial charge in [-0.2, -0.15) is 10.2 Å². The molecule has 6 rings (SSSR count). The molecule has 1 N–H and O–H groups in total. The summed E-state index contributed by atoms with van der Waals surface area (Å²) < 4.78 is 30.4. The number of nitrogens with zero attached hydrogens (tertiary/aromatic N) is 5. The fourth-order valence-corrected chi connectivity index (χ4v) is 4.38. The number of hydrogen-bond donors (Lipinski definition) is 1. The lowest BCUT2D eigenvalue weighted by molar-refractivity contribution is 0.102. The fourth-order valence-electron chi connectivity index (χ4n) is 4.38. The molecule has 7 nitrogen and oxygen atoms in total. The van der Waals surface area contributed by atoms with Gasteiger partial charge in [-0.15, -0.1) is 0 Å². The lowest BCUT2D eigenvalue weighted by atomic mass is 10.0. The van der Waals surface area contributed by atoms with Crippen LogP contribution in [0, 0.1) is 0 Å². The molecule has 0 unspecified atom stereocenters. The fraction of sp³-hybridized carbons (Fsp3) is 0.0714. The molecule has 0 atom stereocenters. The maximum atomic E-state index is 13.8. The normalized spacial score (nSPS) is 11.4. The van der Waals surface area contributed by atoms with Crippen LogP contribution in [-0.4, -0.2) is 30.3 Å². The average Bonchev–Trinajstić information content (AvgIpc) is 3.55. The number of halogens is 2. The Morgan fingerprint density at radius 2 is 1.70 bits per heavy atom. The quantitative estimate of drug-likeness (QED) is 0.309. The molecule has 1 amide bonds. The maximum absolute atomic E-state index is 13.8. The molecule has 0 aliphatic rings. The van der Waals surface area contributed by atoms with Gasteiger partial charge in [-0.3, -0.25) is 9.48 Å². The van der Waals surface area contributed by atoms with Gasteiger partial charge in [0, 0.05) is 11.8 Å². The average molecular weight is 495 g/mol. The summed E-state index contributed by atoms with van der Waals surface area (Å²) >= 11 is 0. The molecule has 0 saturated heterocycles. The van der Waals surface area contributed by atoms with Gasteiger partial charge in [0.1, 0.15) is 11.3 Å². The van der Waals surface area contributed by atoms with E-state index in [0.717, 1.165) is 20.9 Å². The van der Waals surface area contributed by atoms with E-state index in [2.05, 4.69) is 38.7 Å². The van der Waals surface area contributed by atoms with E-state index in [0.29, 0.717) is 23.5 Å². The molecular formula is C28H20F2N6O. The Bertz CT molecular complexity index is 1740. The maximum Gasteiger partial charge on any atom is 0.280 e. The van der Waals surface area contributed by atoms with Crippen molar-refractivity contribution in [2.24, 2.45) is 0 Å². The van der Waals surface area contributed by atoms with E-state index in [1.165, 1.54) is 12.3 Å². The third-order valence-electron chi connectivity index (χ3n) is 6.14. The standard InChI is InChI=1S/C28H20F2N6O/c29-26(30)25-13-24(19-8-2-1-3-9-19)34-27-23(15-32-36(25)27)28(37)33-21-14-31-35(17-21)16-20-11-6-10-18-7-4-5-12-22(18)20/h1-15,17,26H,16H2,(H,33,37). The Balaban J connectivity index is 1.29. The van der Waals surface area contributed by atoms with E-state index in [1.807, 2.05) is 30.3 Å². The summed E-state index contributed by atoms with van der Waals surface area (Å²) in [6.45, 7) is 0.522. The van der Waals surface area contributed by atoms with Crippen LogP contribution < -0.4 is 5.32 Å². The summed E-state index contributed by atoms with van der Waals surface area (Å²) in [7, 11) is 0. The highest BCUT2D eigenvalue weighted by molar-refractivity contribution is 6.08. The highest BCUT2D eigenvalue weighted by Crippen LogP contribution is 2.27. The van der Waals surface area contributed by atoms with Crippen LogP contribution in [0.5, 0.6) is 0 Å². The largest absolute Gasteiger partial charge is 0.319 e. The van der Waals surface area contributed by atoms with Crippen LogP contribution in [0.1, 0.15) is 28.0 Å². The number of fused-ring (bicyclic) bond motifs is 2. The molecular weight excluding hydrogens is 474 g/mol. The molecule has 37 heavy (non-hydrogen) atoms. The topological polar surface area (TPSA) is 77.1 Å². The molecule has 0 aliphatic heterocycles. The first-order valence-electron chi connectivity index (χ1n) is 11.6. The first-order valence-corrected chi connectivity index (χ1v) is 11.6. The van der Waals surface area contributed by atoms with Crippen LogP contribution in [0.25, 0.3) is 27.7 Å². The minimum Gasteiger partial charge on any atom is -0.319 e. The second-order valence-electron chi connectivity index (χ2n) is 8.55. The highest BCUT2D eigenvalue weighted by atomic mass is 19.3. The van der Waals surface area contributed by atoms with Crippen molar-refractivity contribution in [2.75, 3.05) is 5.32 Å². The van der Waals surface area contributed by atoms with Gasteiger partial charge in [-0.25, -0.2) is 18.3 Å². The van der Waals surface area contributed by atoms with Gasteiger partial charge >= 0.3 is 0 Å². The predicted octanol–water partition coefficient (Wildman–Crippen LogP) is 5.98. The zero-order valence-corrected chi connectivity index (χ0v) is 19.4. The Morgan fingerprint density at radius 3 is 2.54 bits per heavy atom. The Kier molecular flexibility index (Phi) is 5.65. The van der Waals surface area contributed by atoms with Crippen LogP contribution in [0.4, 0.5) is 14.5 Å². The van der Waals surface area contributed by atoms with Gasteiger partial charge in [0.15, 0.2) is 5.65 Å². The second-order valence-corrected chi connectivity index (χ2v) is 8.55. The lowest BCUT2D eigenvalue weighted by Crippen LogP contribution is -2.12. The Morgan fingerprint density at radius 1 is 0.919 bits per heavy atom. The van der Waals surface area contributed by atoms with Gasteiger partial charge in [-0.05, 0) is 22.4 Å². The SMILES string of the molecule is O=C(Nc1cnn(Cc2cccc3ccccc23)c1)c1cnn2c(C(F)F)cc(-c3ccccc3)nc12. The van der Waals surface area contributed by atoms with E-state index in [1.54, 1.807) is 41.3 Å². The van der Waals surface area contributed by atoms with Gasteiger partial charge in [0.05, 0.1) is 30.3 Å². The van der Waals surface area contributed by atoms with Crippen molar-refractivity contribution in [3.63, 3.8) is 0 Å². The van der Waals surface area contributed by atoms with E-state index in [4.69, 9.17) is 0 Å². The predicted molar refractivity (Wildman–Crippen MR) is 137 cm³/mol. The Labute approximate surface area is 210 Å². The highest BCUT2D eigenvalue weighted by Gasteiger charge is 2.22.